The number of nitrogens with one attached hydrogen (secondary N) is 1. The van der Waals surface area contributed by atoms with Crippen molar-refractivity contribution in [2.45, 2.75) is 31.1 Å². The SMILES string of the molecule is ClC(CNCC1CCOCC1)C1CC1. The summed E-state index contributed by atoms with van der Waals surface area (Å²) in [6, 6.07) is 0. The normalized spacial score (nSPS) is 26.4. The largest absolute Gasteiger partial charge is 0.381 e. The van der Waals surface area contributed by atoms with Crippen molar-refractivity contribution in [1.82, 2.24) is 5.32 Å². The van der Waals surface area contributed by atoms with Crippen molar-refractivity contribution in [3.63, 3.8) is 0 Å². The summed E-state index contributed by atoms with van der Waals surface area (Å²) in [6.07, 6.45) is 5.10. The molecule has 1 heterocycles. The molecule has 0 bridgehead atoms. The van der Waals surface area contributed by atoms with Crippen molar-refractivity contribution < 1.29 is 4.74 Å². The predicted molar refractivity (Wildman–Crippen MR) is 58.8 cm³/mol. The van der Waals surface area contributed by atoms with Gasteiger partial charge in [0, 0.05) is 25.1 Å². The summed E-state index contributed by atoms with van der Waals surface area (Å²) in [5.41, 5.74) is 0. The first kappa shape index (κ1) is 10.7. The summed E-state index contributed by atoms with van der Waals surface area (Å²) in [5.74, 6) is 1.62. The summed E-state index contributed by atoms with van der Waals surface area (Å²) < 4.78 is 5.32. The van der Waals surface area contributed by atoms with Crippen molar-refractivity contribution >= 4 is 11.6 Å². The Morgan fingerprint density at radius 3 is 2.57 bits per heavy atom. The van der Waals surface area contributed by atoms with Crippen LogP contribution < -0.4 is 5.32 Å². The van der Waals surface area contributed by atoms with E-state index in [9.17, 15) is 0 Å². The number of hydrogen-bond acceptors (Lipinski definition) is 2. The van der Waals surface area contributed by atoms with Gasteiger partial charge in [0.2, 0.25) is 0 Å². The van der Waals surface area contributed by atoms with E-state index in [2.05, 4.69) is 5.32 Å². The molecule has 2 nitrogen and oxygen atoms in total. The Morgan fingerprint density at radius 2 is 1.93 bits per heavy atom. The highest BCUT2D eigenvalue weighted by Gasteiger charge is 2.29. The van der Waals surface area contributed by atoms with Gasteiger partial charge >= 0.3 is 0 Å². The first-order valence-electron chi connectivity index (χ1n) is 5.79. The molecule has 0 amide bonds. The maximum Gasteiger partial charge on any atom is 0.0488 e. The third-order valence-corrected chi connectivity index (χ3v) is 3.76. The first-order chi connectivity index (χ1) is 6.86. The van der Waals surface area contributed by atoms with E-state index in [0.717, 1.165) is 38.1 Å². The van der Waals surface area contributed by atoms with Gasteiger partial charge in [0.05, 0.1) is 0 Å². The van der Waals surface area contributed by atoms with Crippen LogP contribution in [-0.4, -0.2) is 31.7 Å². The Kier molecular flexibility index (Phi) is 4.09. The molecule has 3 heteroatoms. The van der Waals surface area contributed by atoms with Crippen molar-refractivity contribution in [3.05, 3.63) is 0 Å². The molecule has 1 atom stereocenters. The molecular formula is C11H20ClNO. The Hall–Kier alpha value is 0.210. The average molecular weight is 218 g/mol. The standard InChI is InChI=1S/C11H20ClNO/c12-11(10-1-2-10)8-13-7-9-3-5-14-6-4-9/h9-11,13H,1-8H2. The first-order valence-corrected chi connectivity index (χ1v) is 6.22. The van der Waals surface area contributed by atoms with Crippen molar-refractivity contribution in [2.75, 3.05) is 26.3 Å². The van der Waals surface area contributed by atoms with Gasteiger partial charge in [-0.05, 0) is 44.1 Å². The second-order valence-corrected chi connectivity index (χ2v) is 5.13. The quantitative estimate of drug-likeness (QED) is 0.712. The maximum absolute atomic E-state index is 6.21. The van der Waals surface area contributed by atoms with Crippen molar-refractivity contribution in [3.8, 4) is 0 Å². The Bertz CT molecular complexity index is 167. The number of rotatable bonds is 5. The Labute approximate surface area is 91.3 Å². The maximum atomic E-state index is 6.21. The van der Waals surface area contributed by atoms with Gasteiger partial charge in [0.25, 0.3) is 0 Å². The van der Waals surface area contributed by atoms with Crippen LogP contribution in [0.5, 0.6) is 0 Å². The minimum absolute atomic E-state index is 0.370. The Balaban J connectivity index is 1.52. The van der Waals surface area contributed by atoms with Crippen molar-refractivity contribution in [2.24, 2.45) is 11.8 Å². The zero-order valence-electron chi connectivity index (χ0n) is 8.68. The molecule has 1 N–H and O–H groups in total. The lowest BCUT2D eigenvalue weighted by molar-refractivity contribution is 0.0663. The molecule has 0 spiro atoms. The molecule has 2 fully saturated rings. The summed E-state index contributed by atoms with van der Waals surface area (Å²) in [5, 5.41) is 3.86. The lowest BCUT2D eigenvalue weighted by Gasteiger charge is -2.22. The third kappa shape index (κ3) is 3.41. The van der Waals surface area contributed by atoms with Gasteiger partial charge in [0.15, 0.2) is 0 Å². The lowest BCUT2D eigenvalue weighted by atomic mass is 10.0. The average Bonchev–Trinajstić information content (AvgIpc) is 3.02. The van der Waals surface area contributed by atoms with Crippen LogP contribution >= 0.6 is 11.6 Å². The molecule has 0 aromatic carbocycles. The molecule has 82 valence electrons. The highest BCUT2D eigenvalue weighted by molar-refractivity contribution is 6.21. The zero-order valence-corrected chi connectivity index (χ0v) is 9.43. The highest BCUT2D eigenvalue weighted by atomic mass is 35.5. The zero-order chi connectivity index (χ0) is 9.80. The number of ether oxygens (including phenoxy) is 1. The molecule has 0 aromatic rings. The van der Waals surface area contributed by atoms with E-state index in [4.69, 9.17) is 16.3 Å². The minimum Gasteiger partial charge on any atom is -0.381 e. The summed E-state index contributed by atoms with van der Waals surface area (Å²) in [6.45, 7) is 4.00. The molecular weight excluding hydrogens is 198 g/mol. The molecule has 2 rings (SSSR count). The minimum atomic E-state index is 0.370. The number of alkyl halides is 1. The second kappa shape index (κ2) is 5.34. The van der Waals surface area contributed by atoms with Gasteiger partial charge in [-0.1, -0.05) is 0 Å². The van der Waals surface area contributed by atoms with E-state index in [-0.39, 0.29) is 0 Å². The van der Waals surface area contributed by atoms with Crippen LogP contribution in [0.1, 0.15) is 25.7 Å². The fraction of sp³-hybridized carbons (Fsp3) is 1.00. The smallest absolute Gasteiger partial charge is 0.0488 e. The van der Waals surface area contributed by atoms with Crippen LogP contribution in [0.15, 0.2) is 0 Å². The molecule has 1 aliphatic carbocycles. The fourth-order valence-corrected chi connectivity index (χ4v) is 2.36. The van der Waals surface area contributed by atoms with Crippen LogP contribution in [-0.2, 0) is 4.74 Å². The van der Waals surface area contributed by atoms with Crippen LogP contribution in [0.2, 0.25) is 0 Å². The molecule has 1 saturated carbocycles. The summed E-state index contributed by atoms with van der Waals surface area (Å²) in [7, 11) is 0. The van der Waals surface area contributed by atoms with Gasteiger partial charge in [0.1, 0.15) is 0 Å². The van der Waals surface area contributed by atoms with Gasteiger partial charge < -0.3 is 10.1 Å². The van der Waals surface area contributed by atoms with E-state index in [1.165, 1.54) is 25.7 Å². The van der Waals surface area contributed by atoms with Gasteiger partial charge in [-0.2, -0.15) is 0 Å². The van der Waals surface area contributed by atoms with Crippen LogP contribution in [0.3, 0.4) is 0 Å². The van der Waals surface area contributed by atoms with E-state index in [0.29, 0.717) is 5.38 Å². The van der Waals surface area contributed by atoms with Crippen LogP contribution in [0.4, 0.5) is 0 Å². The molecule has 0 aromatic heterocycles. The monoisotopic (exact) mass is 217 g/mol. The Morgan fingerprint density at radius 1 is 1.21 bits per heavy atom. The van der Waals surface area contributed by atoms with Crippen LogP contribution in [0.25, 0.3) is 0 Å². The van der Waals surface area contributed by atoms with Gasteiger partial charge in [-0.15, -0.1) is 11.6 Å². The fourth-order valence-electron chi connectivity index (χ4n) is 2.00. The summed E-state index contributed by atoms with van der Waals surface area (Å²) >= 11 is 6.21. The van der Waals surface area contributed by atoms with E-state index >= 15 is 0 Å². The summed E-state index contributed by atoms with van der Waals surface area (Å²) in [4.78, 5) is 0. The van der Waals surface area contributed by atoms with Crippen molar-refractivity contribution in [1.29, 1.82) is 0 Å². The van der Waals surface area contributed by atoms with E-state index in [1.807, 2.05) is 0 Å². The number of hydrogen-bond donors (Lipinski definition) is 1. The van der Waals surface area contributed by atoms with Gasteiger partial charge in [-0.25, -0.2) is 0 Å². The second-order valence-electron chi connectivity index (χ2n) is 4.57. The highest BCUT2D eigenvalue weighted by Crippen LogP contribution is 2.35. The molecule has 14 heavy (non-hydrogen) atoms. The van der Waals surface area contributed by atoms with E-state index < -0.39 is 0 Å². The van der Waals surface area contributed by atoms with E-state index in [1.54, 1.807) is 0 Å². The molecule has 0 radical (unpaired) electrons. The molecule has 2 aliphatic rings. The number of halogens is 1. The molecule has 1 saturated heterocycles. The predicted octanol–water partition coefficient (Wildman–Crippen LogP) is 2.02. The van der Waals surface area contributed by atoms with Crippen LogP contribution in [0, 0.1) is 11.8 Å². The third-order valence-electron chi connectivity index (χ3n) is 3.25. The lowest BCUT2D eigenvalue weighted by Crippen LogP contribution is -2.32. The molecule has 1 aliphatic heterocycles. The molecule has 1 unspecified atom stereocenters. The van der Waals surface area contributed by atoms with Gasteiger partial charge in [-0.3, -0.25) is 0 Å². The topological polar surface area (TPSA) is 21.3 Å².